The molecular weight excluding hydrogens is 350 g/mol. The number of nitrogens with zero attached hydrogens (tertiary/aromatic N) is 3. The van der Waals surface area contributed by atoms with Gasteiger partial charge in [0.1, 0.15) is 0 Å². The van der Waals surface area contributed by atoms with Gasteiger partial charge in [-0.3, -0.25) is 9.89 Å². The van der Waals surface area contributed by atoms with Gasteiger partial charge >= 0.3 is 0 Å². The summed E-state index contributed by atoms with van der Waals surface area (Å²) in [5.74, 6) is 0.884. The monoisotopic (exact) mass is 393 g/mol. The normalized spacial score (nSPS) is 32.9. The van der Waals surface area contributed by atoms with E-state index in [2.05, 4.69) is 39.4 Å². The molecule has 6 heteroatoms. The topological polar surface area (TPSA) is 63.1 Å². The minimum atomic E-state index is -0.208. The summed E-state index contributed by atoms with van der Waals surface area (Å²) in [6.07, 6.45) is 10.7. The predicted octanol–water partition coefficient (Wildman–Crippen LogP) is 2.04. The molecular formula is C22H43N5O. The van der Waals surface area contributed by atoms with Crippen LogP contribution in [0.1, 0.15) is 64.7 Å². The van der Waals surface area contributed by atoms with Crippen LogP contribution < -0.4 is 10.6 Å². The summed E-state index contributed by atoms with van der Waals surface area (Å²) >= 11 is 0. The molecule has 2 saturated heterocycles. The number of rotatable bonds is 5. The third kappa shape index (κ3) is 5.19. The summed E-state index contributed by atoms with van der Waals surface area (Å²) in [7, 11) is 4.10. The van der Waals surface area contributed by atoms with E-state index in [0.29, 0.717) is 0 Å². The first-order valence-electron chi connectivity index (χ1n) is 11.5. The fourth-order valence-electron chi connectivity index (χ4n) is 5.35. The molecule has 0 amide bonds. The van der Waals surface area contributed by atoms with Crippen molar-refractivity contribution in [3.8, 4) is 0 Å². The van der Waals surface area contributed by atoms with E-state index in [1.54, 1.807) is 0 Å². The number of likely N-dealkylation sites (tertiary alicyclic amines) is 2. The van der Waals surface area contributed by atoms with E-state index in [9.17, 15) is 5.11 Å². The second-order valence-electron chi connectivity index (χ2n) is 9.77. The second-order valence-corrected chi connectivity index (χ2v) is 9.77. The molecule has 1 aliphatic carbocycles. The van der Waals surface area contributed by atoms with E-state index in [1.807, 2.05) is 7.05 Å². The number of aliphatic hydroxyl groups is 1. The molecule has 0 aromatic rings. The first kappa shape index (κ1) is 21.8. The summed E-state index contributed by atoms with van der Waals surface area (Å²) in [6, 6.07) is 0. The van der Waals surface area contributed by atoms with Gasteiger partial charge in [-0.05, 0) is 71.8 Å². The number of nitrogens with one attached hydrogen (secondary N) is 2. The molecule has 2 heterocycles. The average Bonchev–Trinajstić information content (AvgIpc) is 2.73. The molecule has 0 aromatic heterocycles. The summed E-state index contributed by atoms with van der Waals surface area (Å²) in [6.45, 7) is 8.78. The van der Waals surface area contributed by atoms with Gasteiger partial charge in [0, 0.05) is 31.1 Å². The highest BCUT2D eigenvalue weighted by molar-refractivity contribution is 5.79. The average molecular weight is 394 g/mol. The highest BCUT2D eigenvalue weighted by Crippen LogP contribution is 2.35. The van der Waals surface area contributed by atoms with E-state index in [0.717, 1.165) is 38.3 Å². The molecule has 0 bridgehead atoms. The van der Waals surface area contributed by atoms with Crippen molar-refractivity contribution in [1.29, 1.82) is 0 Å². The van der Waals surface area contributed by atoms with Crippen LogP contribution in [0, 0.1) is 5.41 Å². The van der Waals surface area contributed by atoms with Gasteiger partial charge in [-0.2, -0.15) is 0 Å². The Morgan fingerprint density at radius 2 is 1.64 bits per heavy atom. The summed E-state index contributed by atoms with van der Waals surface area (Å²) in [4.78, 5) is 9.71. The van der Waals surface area contributed by atoms with Crippen molar-refractivity contribution in [2.75, 3.05) is 53.4 Å². The summed E-state index contributed by atoms with van der Waals surface area (Å²) in [5.41, 5.74) is 0.201. The quantitative estimate of drug-likeness (QED) is 0.493. The smallest absolute Gasteiger partial charge is 0.191 e. The van der Waals surface area contributed by atoms with E-state index in [-0.39, 0.29) is 17.1 Å². The fraction of sp³-hybridized carbons (Fsp3) is 0.955. The fourth-order valence-corrected chi connectivity index (χ4v) is 5.35. The highest BCUT2D eigenvalue weighted by Gasteiger charge is 2.40. The Kier molecular flexibility index (Phi) is 7.62. The van der Waals surface area contributed by atoms with Crippen molar-refractivity contribution < 1.29 is 5.11 Å². The molecule has 2 atom stereocenters. The van der Waals surface area contributed by atoms with Crippen LogP contribution in [0.15, 0.2) is 4.99 Å². The van der Waals surface area contributed by atoms with Crippen molar-refractivity contribution in [2.45, 2.75) is 76.4 Å². The molecule has 0 aromatic carbocycles. The Morgan fingerprint density at radius 1 is 0.964 bits per heavy atom. The first-order valence-corrected chi connectivity index (χ1v) is 11.5. The van der Waals surface area contributed by atoms with Crippen molar-refractivity contribution in [2.24, 2.45) is 10.4 Å². The molecule has 3 aliphatic rings. The lowest BCUT2D eigenvalue weighted by Crippen LogP contribution is -2.62. The Labute approximate surface area is 172 Å². The van der Waals surface area contributed by atoms with Crippen LogP contribution in [-0.2, 0) is 0 Å². The molecule has 0 spiro atoms. The van der Waals surface area contributed by atoms with E-state index < -0.39 is 0 Å². The SMILES string of the molecule is CN=C(NCC1(C)CCCCC1O)NCC1(N2CCCCC2)CCN(C)CC1. The number of guanidine groups is 1. The lowest BCUT2D eigenvalue weighted by Gasteiger charge is -2.50. The number of piperidine rings is 2. The Balaban J connectivity index is 1.58. The van der Waals surface area contributed by atoms with Gasteiger partial charge in [-0.25, -0.2) is 0 Å². The molecule has 0 radical (unpaired) electrons. The molecule has 3 rings (SSSR count). The van der Waals surface area contributed by atoms with Gasteiger partial charge in [0.05, 0.1) is 6.10 Å². The molecule has 1 saturated carbocycles. The molecule has 2 aliphatic heterocycles. The largest absolute Gasteiger partial charge is 0.392 e. The molecule has 162 valence electrons. The number of aliphatic imine (C=N–C) groups is 1. The van der Waals surface area contributed by atoms with Crippen molar-refractivity contribution in [3.05, 3.63) is 0 Å². The van der Waals surface area contributed by atoms with Crippen LogP contribution in [-0.4, -0.2) is 85.9 Å². The van der Waals surface area contributed by atoms with E-state index >= 15 is 0 Å². The van der Waals surface area contributed by atoms with E-state index in [4.69, 9.17) is 0 Å². The Morgan fingerprint density at radius 3 is 2.29 bits per heavy atom. The molecule has 2 unspecified atom stereocenters. The van der Waals surface area contributed by atoms with Gasteiger partial charge in [-0.1, -0.05) is 26.2 Å². The highest BCUT2D eigenvalue weighted by atomic mass is 16.3. The molecule has 28 heavy (non-hydrogen) atoms. The predicted molar refractivity (Wildman–Crippen MR) is 117 cm³/mol. The van der Waals surface area contributed by atoms with Crippen molar-refractivity contribution in [3.63, 3.8) is 0 Å². The third-order valence-corrected chi connectivity index (χ3v) is 7.69. The standard InChI is InChI=1S/C22H43N5O/c1-21(10-6-5-9-19(21)28)17-24-20(23-2)25-18-22(11-15-26(3)16-12-22)27-13-7-4-8-14-27/h19,28H,4-18H2,1-3H3,(H2,23,24,25). The van der Waals surface area contributed by atoms with Gasteiger partial charge in [-0.15, -0.1) is 0 Å². The van der Waals surface area contributed by atoms with Gasteiger partial charge in [0.2, 0.25) is 0 Å². The number of aliphatic hydroxyl groups excluding tert-OH is 1. The summed E-state index contributed by atoms with van der Waals surface area (Å²) < 4.78 is 0. The maximum atomic E-state index is 10.5. The van der Waals surface area contributed by atoms with Gasteiger partial charge < -0.3 is 20.6 Å². The number of hydrogen-bond donors (Lipinski definition) is 3. The zero-order valence-electron chi connectivity index (χ0n) is 18.5. The number of hydrogen-bond acceptors (Lipinski definition) is 4. The van der Waals surface area contributed by atoms with Crippen LogP contribution in [0.2, 0.25) is 0 Å². The minimum Gasteiger partial charge on any atom is -0.392 e. The van der Waals surface area contributed by atoms with Gasteiger partial charge in [0.15, 0.2) is 5.96 Å². The molecule has 3 fully saturated rings. The Hall–Kier alpha value is -0.850. The van der Waals surface area contributed by atoms with Crippen molar-refractivity contribution in [1.82, 2.24) is 20.4 Å². The van der Waals surface area contributed by atoms with Crippen LogP contribution in [0.25, 0.3) is 0 Å². The lowest BCUT2D eigenvalue weighted by atomic mass is 9.73. The minimum absolute atomic E-state index is 0.0476. The molecule has 3 N–H and O–H groups in total. The van der Waals surface area contributed by atoms with Crippen LogP contribution in [0.5, 0.6) is 0 Å². The Bertz CT molecular complexity index is 511. The zero-order valence-corrected chi connectivity index (χ0v) is 18.5. The third-order valence-electron chi connectivity index (χ3n) is 7.69. The van der Waals surface area contributed by atoms with Crippen LogP contribution in [0.3, 0.4) is 0 Å². The second kappa shape index (κ2) is 9.77. The van der Waals surface area contributed by atoms with Crippen LogP contribution >= 0.6 is 0 Å². The van der Waals surface area contributed by atoms with Crippen LogP contribution in [0.4, 0.5) is 0 Å². The molecule has 6 nitrogen and oxygen atoms in total. The van der Waals surface area contributed by atoms with E-state index in [1.165, 1.54) is 64.7 Å². The zero-order chi connectivity index (χ0) is 20.0. The summed E-state index contributed by atoms with van der Waals surface area (Å²) in [5, 5.41) is 17.7. The lowest BCUT2D eigenvalue weighted by molar-refractivity contribution is 0.00359. The maximum absolute atomic E-state index is 10.5. The van der Waals surface area contributed by atoms with Crippen molar-refractivity contribution >= 4 is 5.96 Å². The van der Waals surface area contributed by atoms with Gasteiger partial charge in [0.25, 0.3) is 0 Å². The first-order chi connectivity index (χ1) is 13.5. The maximum Gasteiger partial charge on any atom is 0.191 e.